The maximum Gasteiger partial charge on any atom is 0.0594 e. The van der Waals surface area contributed by atoms with Crippen LogP contribution < -0.4 is 5.32 Å². The topological polar surface area (TPSA) is 33.7 Å². The van der Waals surface area contributed by atoms with Crippen molar-refractivity contribution in [3.05, 3.63) is 0 Å². The molecule has 1 saturated heterocycles. The first-order valence-corrected chi connectivity index (χ1v) is 7.71. The Morgan fingerprint density at radius 3 is 2.68 bits per heavy atom. The van der Waals surface area contributed by atoms with E-state index in [1.165, 1.54) is 19.3 Å². The molecule has 4 heteroatoms. The first kappa shape index (κ1) is 15.2. The Kier molecular flexibility index (Phi) is 5.63. The lowest BCUT2D eigenvalue weighted by molar-refractivity contribution is -0.0120. The van der Waals surface area contributed by atoms with E-state index in [9.17, 15) is 0 Å². The molecule has 2 atom stereocenters. The fourth-order valence-electron chi connectivity index (χ4n) is 3.22. The molecule has 19 heavy (non-hydrogen) atoms. The molecule has 0 amide bonds. The average Bonchev–Trinajstić information content (AvgIpc) is 2.46. The van der Waals surface area contributed by atoms with Crippen molar-refractivity contribution >= 4 is 0 Å². The maximum absolute atomic E-state index is 5.50. The van der Waals surface area contributed by atoms with Crippen LogP contribution in [0.15, 0.2) is 0 Å². The Bertz CT molecular complexity index is 265. The van der Waals surface area contributed by atoms with Crippen LogP contribution in [0.5, 0.6) is 0 Å². The maximum atomic E-state index is 5.50. The van der Waals surface area contributed by atoms with Crippen molar-refractivity contribution in [1.29, 1.82) is 0 Å². The van der Waals surface area contributed by atoms with Gasteiger partial charge in [-0.15, -0.1) is 0 Å². The van der Waals surface area contributed by atoms with Gasteiger partial charge in [-0.1, -0.05) is 0 Å². The molecule has 0 aromatic carbocycles. The van der Waals surface area contributed by atoms with Gasteiger partial charge in [-0.25, -0.2) is 0 Å². The van der Waals surface area contributed by atoms with Crippen LogP contribution in [0.3, 0.4) is 0 Å². The summed E-state index contributed by atoms with van der Waals surface area (Å²) >= 11 is 0. The minimum Gasteiger partial charge on any atom is -0.381 e. The van der Waals surface area contributed by atoms with Crippen LogP contribution in [0.1, 0.15) is 39.5 Å². The number of nitrogens with one attached hydrogen (secondary N) is 1. The lowest BCUT2D eigenvalue weighted by atomic mass is 9.92. The molecule has 4 nitrogen and oxygen atoms in total. The van der Waals surface area contributed by atoms with Crippen molar-refractivity contribution in [3.63, 3.8) is 0 Å². The normalized spacial score (nSPS) is 30.5. The number of ether oxygens (including phenoxy) is 2. The third-order valence-electron chi connectivity index (χ3n) is 4.65. The molecule has 0 aromatic heterocycles. The molecule has 2 rings (SSSR count). The van der Waals surface area contributed by atoms with Gasteiger partial charge < -0.3 is 14.8 Å². The molecule has 2 aliphatic rings. The summed E-state index contributed by atoms with van der Waals surface area (Å²) in [6.07, 6.45) is 5.42. The predicted octanol–water partition coefficient (Wildman–Crippen LogP) is 1.64. The summed E-state index contributed by atoms with van der Waals surface area (Å²) in [5.74, 6) is 0. The number of morpholine rings is 1. The van der Waals surface area contributed by atoms with E-state index < -0.39 is 0 Å². The number of hydrogen-bond donors (Lipinski definition) is 1. The van der Waals surface area contributed by atoms with Gasteiger partial charge in [0.05, 0.1) is 19.3 Å². The summed E-state index contributed by atoms with van der Waals surface area (Å²) in [6, 6.07) is 0.624. The van der Waals surface area contributed by atoms with Crippen molar-refractivity contribution in [3.8, 4) is 0 Å². The largest absolute Gasteiger partial charge is 0.381 e. The minimum absolute atomic E-state index is 0.212. The second kappa shape index (κ2) is 7.02. The van der Waals surface area contributed by atoms with E-state index >= 15 is 0 Å². The Labute approximate surface area is 117 Å². The number of rotatable bonds is 5. The minimum atomic E-state index is 0.212. The predicted molar refractivity (Wildman–Crippen MR) is 77.5 cm³/mol. The van der Waals surface area contributed by atoms with Gasteiger partial charge in [0.1, 0.15) is 0 Å². The zero-order valence-corrected chi connectivity index (χ0v) is 12.8. The summed E-state index contributed by atoms with van der Waals surface area (Å²) in [5, 5.41) is 3.76. The molecular weight excluding hydrogens is 240 g/mol. The third kappa shape index (κ3) is 4.42. The highest BCUT2D eigenvalue weighted by atomic mass is 16.5. The zero-order valence-electron chi connectivity index (χ0n) is 12.8. The van der Waals surface area contributed by atoms with Gasteiger partial charge in [0.15, 0.2) is 0 Å². The van der Waals surface area contributed by atoms with Gasteiger partial charge in [0.25, 0.3) is 0 Å². The quantitative estimate of drug-likeness (QED) is 0.823. The van der Waals surface area contributed by atoms with E-state index in [0.29, 0.717) is 12.1 Å². The van der Waals surface area contributed by atoms with Crippen LogP contribution in [0.4, 0.5) is 0 Å². The Morgan fingerprint density at radius 1 is 1.26 bits per heavy atom. The summed E-state index contributed by atoms with van der Waals surface area (Å²) in [5.41, 5.74) is 0.212. The summed E-state index contributed by atoms with van der Waals surface area (Å²) in [6.45, 7) is 9.58. The lowest BCUT2D eigenvalue weighted by Crippen LogP contribution is -2.56. The fraction of sp³-hybridized carbons (Fsp3) is 1.00. The molecule has 0 aromatic rings. The highest BCUT2D eigenvalue weighted by Gasteiger charge is 2.29. The van der Waals surface area contributed by atoms with E-state index in [-0.39, 0.29) is 5.54 Å². The summed E-state index contributed by atoms with van der Waals surface area (Å²) in [7, 11) is 1.84. The molecule has 0 spiro atoms. The van der Waals surface area contributed by atoms with Crippen LogP contribution in [0.2, 0.25) is 0 Å². The monoisotopic (exact) mass is 270 g/mol. The van der Waals surface area contributed by atoms with E-state index in [4.69, 9.17) is 9.47 Å². The van der Waals surface area contributed by atoms with Crippen LogP contribution in [0.25, 0.3) is 0 Å². The van der Waals surface area contributed by atoms with Gasteiger partial charge >= 0.3 is 0 Å². The number of nitrogens with zero attached hydrogens (tertiary/aromatic N) is 1. The Balaban J connectivity index is 1.76. The summed E-state index contributed by atoms with van der Waals surface area (Å²) in [4.78, 5) is 2.54. The molecule has 112 valence electrons. The molecule has 0 bridgehead atoms. The van der Waals surface area contributed by atoms with Gasteiger partial charge in [-0.05, 0) is 39.5 Å². The smallest absolute Gasteiger partial charge is 0.0594 e. The van der Waals surface area contributed by atoms with Crippen LogP contribution in [0, 0.1) is 0 Å². The first-order chi connectivity index (χ1) is 9.12. The Morgan fingerprint density at radius 2 is 2.00 bits per heavy atom. The molecule has 1 aliphatic carbocycles. The average molecular weight is 270 g/mol. The van der Waals surface area contributed by atoms with Crippen LogP contribution >= 0.6 is 0 Å². The van der Waals surface area contributed by atoms with Gasteiger partial charge in [-0.3, -0.25) is 4.90 Å². The van der Waals surface area contributed by atoms with E-state index in [2.05, 4.69) is 24.1 Å². The van der Waals surface area contributed by atoms with Gasteiger partial charge in [0.2, 0.25) is 0 Å². The van der Waals surface area contributed by atoms with Crippen molar-refractivity contribution in [2.24, 2.45) is 0 Å². The van der Waals surface area contributed by atoms with Crippen LogP contribution in [-0.4, -0.2) is 62.5 Å². The Hall–Kier alpha value is -0.160. The highest BCUT2D eigenvalue weighted by Crippen LogP contribution is 2.22. The SMILES string of the molecule is COC1CCCC(NCC(C)(C)N2CCOCC2)C1. The molecule has 2 fully saturated rings. The lowest BCUT2D eigenvalue weighted by Gasteiger charge is -2.42. The number of methoxy groups -OCH3 is 1. The van der Waals surface area contributed by atoms with Crippen molar-refractivity contribution in [1.82, 2.24) is 10.2 Å². The highest BCUT2D eigenvalue weighted by molar-refractivity contribution is 4.88. The van der Waals surface area contributed by atoms with Gasteiger partial charge in [-0.2, -0.15) is 0 Å². The van der Waals surface area contributed by atoms with Crippen molar-refractivity contribution < 1.29 is 9.47 Å². The van der Waals surface area contributed by atoms with Crippen molar-refractivity contribution in [2.45, 2.75) is 57.2 Å². The van der Waals surface area contributed by atoms with E-state index in [1.807, 2.05) is 7.11 Å². The molecule has 0 radical (unpaired) electrons. The zero-order chi connectivity index (χ0) is 13.7. The molecule has 1 N–H and O–H groups in total. The second-order valence-corrected chi connectivity index (χ2v) is 6.51. The molecule has 1 heterocycles. The van der Waals surface area contributed by atoms with E-state index in [1.54, 1.807) is 0 Å². The summed E-state index contributed by atoms with van der Waals surface area (Å²) < 4.78 is 10.9. The fourth-order valence-corrected chi connectivity index (χ4v) is 3.22. The standard InChI is InChI=1S/C15H30N2O2/c1-15(2,17-7-9-19-10-8-17)12-16-13-5-4-6-14(11-13)18-3/h13-14,16H,4-12H2,1-3H3. The molecule has 2 unspecified atom stereocenters. The second-order valence-electron chi connectivity index (χ2n) is 6.51. The van der Waals surface area contributed by atoms with E-state index in [0.717, 1.165) is 39.3 Å². The first-order valence-electron chi connectivity index (χ1n) is 7.71. The third-order valence-corrected chi connectivity index (χ3v) is 4.65. The van der Waals surface area contributed by atoms with Gasteiger partial charge in [0, 0.05) is 38.3 Å². The van der Waals surface area contributed by atoms with Crippen molar-refractivity contribution in [2.75, 3.05) is 40.0 Å². The molecular formula is C15H30N2O2. The van der Waals surface area contributed by atoms with Crippen LogP contribution in [-0.2, 0) is 9.47 Å². The molecule has 1 saturated carbocycles. The molecule has 1 aliphatic heterocycles. The number of hydrogen-bond acceptors (Lipinski definition) is 4.